The predicted molar refractivity (Wildman–Crippen MR) is 71.0 cm³/mol. The number of amides is 1. The number of hydrogen-bond donors (Lipinski definition) is 1. The Labute approximate surface area is 103 Å². The van der Waals surface area contributed by atoms with E-state index in [0.717, 1.165) is 19.5 Å². The molecule has 0 saturated heterocycles. The second kappa shape index (κ2) is 6.25. The zero-order chi connectivity index (χ0) is 12.8. The topological polar surface area (TPSA) is 49.6 Å². The number of nitrogens with zero attached hydrogens (tertiary/aromatic N) is 2. The van der Waals surface area contributed by atoms with Gasteiger partial charge in [0.15, 0.2) is 0 Å². The Hall–Kier alpha value is -1.55. The molecule has 0 spiro atoms. The summed E-state index contributed by atoms with van der Waals surface area (Å²) in [5.41, 5.74) is 6.95. The predicted octanol–water partition coefficient (Wildman–Crippen LogP) is 1.29. The Bertz CT molecular complexity index is 359. The molecule has 0 heterocycles. The van der Waals surface area contributed by atoms with Crippen LogP contribution >= 0.6 is 0 Å². The summed E-state index contributed by atoms with van der Waals surface area (Å²) in [6, 6.07) is 7.03. The molecule has 0 aromatic heterocycles. The number of nitrogen functional groups attached to an aromatic ring is 1. The molecule has 0 unspecified atom stereocenters. The summed E-state index contributed by atoms with van der Waals surface area (Å²) in [6.45, 7) is 1.75. The zero-order valence-electron chi connectivity index (χ0n) is 10.8. The zero-order valence-corrected chi connectivity index (χ0v) is 10.8. The van der Waals surface area contributed by atoms with Crippen LogP contribution in [-0.4, -0.2) is 49.9 Å². The van der Waals surface area contributed by atoms with Gasteiger partial charge >= 0.3 is 0 Å². The standard InChI is InChI=1S/C13H21N3O/c1-15(2)9-4-10-16(3)13(17)11-5-7-12(14)8-6-11/h5-8H,4,9-10,14H2,1-3H3. The van der Waals surface area contributed by atoms with Crippen LogP contribution in [0.3, 0.4) is 0 Å². The normalized spacial score (nSPS) is 10.6. The molecule has 0 fully saturated rings. The Morgan fingerprint density at radius 1 is 1.12 bits per heavy atom. The van der Waals surface area contributed by atoms with E-state index in [1.54, 1.807) is 29.2 Å². The lowest BCUT2D eigenvalue weighted by Gasteiger charge is -2.18. The maximum Gasteiger partial charge on any atom is 0.253 e. The molecule has 1 aromatic carbocycles. The van der Waals surface area contributed by atoms with E-state index in [2.05, 4.69) is 4.90 Å². The van der Waals surface area contributed by atoms with E-state index in [0.29, 0.717) is 11.3 Å². The first-order valence-electron chi connectivity index (χ1n) is 5.76. The Morgan fingerprint density at radius 3 is 2.24 bits per heavy atom. The van der Waals surface area contributed by atoms with Gasteiger partial charge in [-0.15, -0.1) is 0 Å². The summed E-state index contributed by atoms with van der Waals surface area (Å²) in [4.78, 5) is 15.9. The van der Waals surface area contributed by atoms with Crippen molar-refractivity contribution in [3.8, 4) is 0 Å². The van der Waals surface area contributed by atoms with Crippen molar-refractivity contribution < 1.29 is 4.79 Å². The van der Waals surface area contributed by atoms with Gasteiger partial charge in [-0.25, -0.2) is 0 Å². The van der Waals surface area contributed by atoms with Crippen molar-refractivity contribution in [1.82, 2.24) is 9.80 Å². The minimum absolute atomic E-state index is 0.0451. The van der Waals surface area contributed by atoms with Crippen LogP contribution in [0.5, 0.6) is 0 Å². The quantitative estimate of drug-likeness (QED) is 0.782. The number of carbonyl (C=O) groups is 1. The molecule has 1 rings (SSSR count). The van der Waals surface area contributed by atoms with Crippen LogP contribution in [0.2, 0.25) is 0 Å². The fourth-order valence-electron chi connectivity index (χ4n) is 1.57. The summed E-state index contributed by atoms with van der Waals surface area (Å²) in [5, 5.41) is 0. The fraction of sp³-hybridized carbons (Fsp3) is 0.462. The summed E-state index contributed by atoms with van der Waals surface area (Å²) >= 11 is 0. The van der Waals surface area contributed by atoms with Crippen LogP contribution in [0.4, 0.5) is 5.69 Å². The molecule has 1 amide bonds. The van der Waals surface area contributed by atoms with Crippen molar-refractivity contribution >= 4 is 11.6 Å². The molecule has 1 aromatic rings. The van der Waals surface area contributed by atoms with Gasteiger partial charge in [0.1, 0.15) is 0 Å². The van der Waals surface area contributed by atoms with E-state index < -0.39 is 0 Å². The number of benzene rings is 1. The molecule has 0 radical (unpaired) electrons. The summed E-state index contributed by atoms with van der Waals surface area (Å²) in [5.74, 6) is 0.0451. The van der Waals surface area contributed by atoms with Crippen molar-refractivity contribution in [2.24, 2.45) is 0 Å². The largest absolute Gasteiger partial charge is 0.399 e. The average molecular weight is 235 g/mol. The molecular formula is C13H21N3O. The van der Waals surface area contributed by atoms with Gasteiger partial charge in [-0.05, 0) is 51.3 Å². The number of carbonyl (C=O) groups excluding carboxylic acids is 1. The monoisotopic (exact) mass is 235 g/mol. The molecule has 0 aliphatic rings. The Balaban J connectivity index is 2.49. The molecule has 0 aliphatic heterocycles. The van der Waals surface area contributed by atoms with Crippen LogP contribution in [-0.2, 0) is 0 Å². The highest BCUT2D eigenvalue weighted by atomic mass is 16.2. The second-order valence-corrected chi connectivity index (χ2v) is 4.51. The molecule has 94 valence electrons. The highest BCUT2D eigenvalue weighted by Crippen LogP contribution is 2.08. The summed E-state index contributed by atoms with van der Waals surface area (Å²) < 4.78 is 0. The van der Waals surface area contributed by atoms with E-state index >= 15 is 0 Å². The van der Waals surface area contributed by atoms with Gasteiger partial charge in [0.25, 0.3) is 5.91 Å². The maximum atomic E-state index is 12.0. The third-order valence-corrected chi connectivity index (χ3v) is 2.60. The van der Waals surface area contributed by atoms with Crippen LogP contribution in [0, 0.1) is 0 Å². The van der Waals surface area contributed by atoms with Gasteiger partial charge in [-0.3, -0.25) is 4.79 Å². The molecule has 0 atom stereocenters. The van der Waals surface area contributed by atoms with Gasteiger partial charge in [-0.2, -0.15) is 0 Å². The lowest BCUT2D eigenvalue weighted by atomic mass is 10.2. The minimum atomic E-state index is 0.0451. The smallest absolute Gasteiger partial charge is 0.253 e. The molecule has 17 heavy (non-hydrogen) atoms. The van der Waals surface area contributed by atoms with Crippen LogP contribution in [0.15, 0.2) is 24.3 Å². The third kappa shape index (κ3) is 4.44. The van der Waals surface area contributed by atoms with Crippen molar-refractivity contribution in [1.29, 1.82) is 0 Å². The maximum absolute atomic E-state index is 12.0. The van der Waals surface area contributed by atoms with E-state index in [1.807, 2.05) is 21.1 Å². The molecule has 4 heteroatoms. The van der Waals surface area contributed by atoms with E-state index in [1.165, 1.54) is 0 Å². The summed E-state index contributed by atoms with van der Waals surface area (Å²) in [7, 11) is 5.89. The number of nitrogens with two attached hydrogens (primary N) is 1. The summed E-state index contributed by atoms with van der Waals surface area (Å²) in [6.07, 6.45) is 0.976. The lowest BCUT2D eigenvalue weighted by molar-refractivity contribution is 0.0790. The van der Waals surface area contributed by atoms with Gasteiger partial charge in [0.05, 0.1) is 0 Å². The molecular weight excluding hydrogens is 214 g/mol. The Kier molecular flexibility index (Phi) is 4.97. The van der Waals surface area contributed by atoms with E-state index in [9.17, 15) is 4.79 Å². The Morgan fingerprint density at radius 2 is 1.71 bits per heavy atom. The molecule has 0 bridgehead atoms. The van der Waals surface area contributed by atoms with Crippen LogP contribution in [0.25, 0.3) is 0 Å². The van der Waals surface area contributed by atoms with Crippen molar-refractivity contribution in [2.45, 2.75) is 6.42 Å². The molecule has 0 saturated carbocycles. The SMILES string of the molecule is CN(C)CCCN(C)C(=O)c1ccc(N)cc1. The highest BCUT2D eigenvalue weighted by molar-refractivity contribution is 5.94. The van der Waals surface area contributed by atoms with E-state index in [-0.39, 0.29) is 5.91 Å². The molecule has 2 N–H and O–H groups in total. The van der Waals surface area contributed by atoms with Gasteiger partial charge in [0, 0.05) is 24.8 Å². The number of rotatable bonds is 5. The average Bonchev–Trinajstić information content (AvgIpc) is 2.28. The van der Waals surface area contributed by atoms with Crippen molar-refractivity contribution in [3.63, 3.8) is 0 Å². The lowest BCUT2D eigenvalue weighted by Crippen LogP contribution is -2.29. The van der Waals surface area contributed by atoms with E-state index in [4.69, 9.17) is 5.73 Å². The molecule has 4 nitrogen and oxygen atoms in total. The first kappa shape index (κ1) is 13.5. The van der Waals surface area contributed by atoms with Crippen molar-refractivity contribution in [2.75, 3.05) is 40.0 Å². The highest BCUT2D eigenvalue weighted by Gasteiger charge is 2.10. The minimum Gasteiger partial charge on any atom is -0.399 e. The van der Waals surface area contributed by atoms with Gasteiger partial charge in [0.2, 0.25) is 0 Å². The fourth-order valence-corrected chi connectivity index (χ4v) is 1.57. The van der Waals surface area contributed by atoms with Crippen LogP contribution < -0.4 is 5.73 Å². The number of hydrogen-bond acceptors (Lipinski definition) is 3. The third-order valence-electron chi connectivity index (χ3n) is 2.60. The van der Waals surface area contributed by atoms with Gasteiger partial charge in [-0.1, -0.05) is 0 Å². The van der Waals surface area contributed by atoms with Gasteiger partial charge < -0.3 is 15.5 Å². The molecule has 0 aliphatic carbocycles. The second-order valence-electron chi connectivity index (χ2n) is 4.51. The number of anilines is 1. The van der Waals surface area contributed by atoms with Crippen LogP contribution in [0.1, 0.15) is 16.8 Å². The first-order chi connectivity index (χ1) is 8.00. The first-order valence-corrected chi connectivity index (χ1v) is 5.76. The van der Waals surface area contributed by atoms with Crippen molar-refractivity contribution in [3.05, 3.63) is 29.8 Å².